The molecule has 0 fully saturated rings. The summed E-state index contributed by atoms with van der Waals surface area (Å²) in [5.74, 6) is 0. The van der Waals surface area contributed by atoms with E-state index < -0.39 is 0 Å². The highest BCUT2D eigenvalue weighted by Crippen LogP contribution is 2.18. The average molecular weight is 214 g/mol. The van der Waals surface area contributed by atoms with E-state index in [2.05, 4.69) is 21.1 Å². The lowest BCUT2D eigenvalue weighted by Crippen LogP contribution is -1.85. The molecule has 0 amide bonds. The lowest BCUT2D eigenvalue weighted by Gasteiger charge is -1.99. The fourth-order valence-corrected chi connectivity index (χ4v) is 1.20. The smallest absolute Gasteiger partial charge is 0.0745 e. The van der Waals surface area contributed by atoms with E-state index in [9.17, 15) is 0 Å². The third-order valence-corrected chi connectivity index (χ3v) is 2.50. The van der Waals surface area contributed by atoms with Gasteiger partial charge in [-0.15, -0.1) is 0 Å². The van der Waals surface area contributed by atoms with Crippen molar-refractivity contribution in [2.75, 3.05) is 0 Å². The van der Waals surface area contributed by atoms with Crippen molar-refractivity contribution < 1.29 is 5.21 Å². The summed E-state index contributed by atoms with van der Waals surface area (Å²) in [6.07, 6.45) is 1.40. The largest absolute Gasteiger partial charge is 0.411 e. The first-order chi connectivity index (χ1) is 5.25. The first kappa shape index (κ1) is 8.27. The molecule has 2 nitrogen and oxygen atoms in total. The van der Waals surface area contributed by atoms with Crippen molar-refractivity contribution in [2.24, 2.45) is 5.16 Å². The second-order valence-corrected chi connectivity index (χ2v) is 3.02. The minimum Gasteiger partial charge on any atom is -0.411 e. The summed E-state index contributed by atoms with van der Waals surface area (Å²) in [6.45, 7) is 1.98. The van der Waals surface area contributed by atoms with Crippen LogP contribution in [0, 0.1) is 6.92 Å². The van der Waals surface area contributed by atoms with E-state index >= 15 is 0 Å². The molecule has 0 spiro atoms. The summed E-state index contributed by atoms with van der Waals surface area (Å²) >= 11 is 3.38. The molecule has 3 heteroatoms. The first-order valence-electron chi connectivity index (χ1n) is 3.18. The van der Waals surface area contributed by atoms with Gasteiger partial charge in [0.15, 0.2) is 0 Å². The number of nitrogens with zero attached hydrogens (tertiary/aromatic N) is 1. The molecule has 0 aliphatic rings. The number of hydrogen-bond acceptors (Lipinski definition) is 2. The Morgan fingerprint density at radius 3 is 2.91 bits per heavy atom. The quantitative estimate of drug-likeness (QED) is 0.435. The van der Waals surface area contributed by atoms with Crippen LogP contribution in [0.1, 0.15) is 11.1 Å². The van der Waals surface area contributed by atoms with Crippen LogP contribution in [-0.2, 0) is 0 Å². The lowest BCUT2D eigenvalue weighted by atomic mass is 10.2. The minimum atomic E-state index is 0.882. The van der Waals surface area contributed by atoms with E-state index in [0.29, 0.717) is 0 Å². The number of aryl methyl sites for hydroxylation is 1. The monoisotopic (exact) mass is 213 g/mol. The van der Waals surface area contributed by atoms with Gasteiger partial charge in [0.05, 0.1) is 6.21 Å². The first-order valence-corrected chi connectivity index (χ1v) is 3.97. The second-order valence-electron chi connectivity index (χ2n) is 2.22. The highest BCUT2D eigenvalue weighted by Gasteiger charge is 1.97. The van der Waals surface area contributed by atoms with Crippen LogP contribution in [0.3, 0.4) is 0 Å². The average Bonchev–Trinajstić information content (AvgIpc) is 1.99. The normalized spacial score (nSPS) is 10.7. The van der Waals surface area contributed by atoms with E-state index in [1.807, 2.05) is 25.1 Å². The van der Waals surface area contributed by atoms with Gasteiger partial charge in [-0.3, -0.25) is 0 Å². The summed E-state index contributed by atoms with van der Waals surface area (Å²) in [5.41, 5.74) is 2.01. The zero-order chi connectivity index (χ0) is 8.27. The Bertz CT molecular complexity index is 283. The fourth-order valence-electron chi connectivity index (χ4n) is 0.832. The topological polar surface area (TPSA) is 32.6 Å². The van der Waals surface area contributed by atoms with Gasteiger partial charge in [0.25, 0.3) is 0 Å². The molecule has 0 atom stereocenters. The molecular formula is C8H8BrNO. The van der Waals surface area contributed by atoms with Crippen molar-refractivity contribution in [1.82, 2.24) is 0 Å². The summed E-state index contributed by atoms with van der Waals surface area (Å²) in [4.78, 5) is 0. The van der Waals surface area contributed by atoms with Crippen LogP contribution in [-0.4, -0.2) is 11.4 Å². The van der Waals surface area contributed by atoms with Crippen LogP contribution in [0.15, 0.2) is 27.8 Å². The van der Waals surface area contributed by atoms with Crippen LogP contribution in [0.2, 0.25) is 0 Å². The molecule has 11 heavy (non-hydrogen) atoms. The van der Waals surface area contributed by atoms with Crippen LogP contribution >= 0.6 is 15.9 Å². The number of hydrogen-bond donors (Lipinski definition) is 1. The van der Waals surface area contributed by atoms with Crippen molar-refractivity contribution in [3.63, 3.8) is 0 Å². The van der Waals surface area contributed by atoms with Crippen molar-refractivity contribution in [1.29, 1.82) is 0 Å². The maximum Gasteiger partial charge on any atom is 0.0745 e. The third kappa shape index (κ3) is 1.80. The third-order valence-electron chi connectivity index (χ3n) is 1.42. The molecule has 1 rings (SSSR count). The van der Waals surface area contributed by atoms with Gasteiger partial charge < -0.3 is 5.21 Å². The van der Waals surface area contributed by atoms with Crippen LogP contribution in [0.5, 0.6) is 0 Å². The Balaban J connectivity index is 3.16. The SMILES string of the molecule is Cc1cccc(/C=N/O)c1Br. The van der Waals surface area contributed by atoms with Gasteiger partial charge in [-0.25, -0.2) is 0 Å². The van der Waals surface area contributed by atoms with E-state index in [1.165, 1.54) is 6.21 Å². The van der Waals surface area contributed by atoms with Gasteiger partial charge in [0, 0.05) is 10.0 Å². The van der Waals surface area contributed by atoms with Crippen molar-refractivity contribution in [3.8, 4) is 0 Å². The highest BCUT2D eigenvalue weighted by atomic mass is 79.9. The Morgan fingerprint density at radius 2 is 2.27 bits per heavy atom. The maximum absolute atomic E-state index is 8.28. The lowest BCUT2D eigenvalue weighted by molar-refractivity contribution is 0.322. The molecule has 1 aromatic carbocycles. The Labute approximate surface area is 73.7 Å². The van der Waals surface area contributed by atoms with E-state index in [4.69, 9.17) is 5.21 Å². The molecule has 0 saturated heterocycles. The highest BCUT2D eigenvalue weighted by molar-refractivity contribution is 9.10. The number of rotatable bonds is 1. The molecule has 0 aliphatic heterocycles. The van der Waals surface area contributed by atoms with Gasteiger partial charge in [0.2, 0.25) is 0 Å². The molecule has 1 N–H and O–H groups in total. The fraction of sp³-hybridized carbons (Fsp3) is 0.125. The molecule has 0 saturated carbocycles. The standard InChI is InChI=1S/C8H8BrNO/c1-6-3-2-4-7(5-10-11)8(6)9/h2-5,11H,1H3/b10-5+. The molecule has 0 heterocycles. The zero-order valence-corrected chi connectivity index (χ0v) is 7.67. The number of halogens is 1. The van der Waals surface area contributed by atoms with Crippen molar-refractivity contribution >= 4 is 22.1 Å². The molecule has 0 bridgehead atoms. The van der Waals surface area contributed by atoms with Gasteiger partial charge in [-0.05, 0) is 28.4 Å². The van der Waals surface area contributed by atoms with Gasteiger partial charge >= 0.3 is 0 Å². The van der Waals surface area contributed by atoms with Crippen LogP contribution in [0.25, 0.3) is 0 Å². The molecule has 0 radical (unpaired) electrons. The van der Waals surface area contributed by atoms with Crippen LogP contribution in [0.4, 0.5) is 0 Å². The second kappa shape index (κ2) is 3.53. The van der Waals surface area contributed by atoms with Gasteiger partial charge in [0.1, 0.15) is 0 Å². The van der Waals surface area contributed by atoms with Gasteiger partial charge in [-0.1, -0.05) is 23.4 Å². The summed E-state index contributed by atoms with van der Waals surface area (Å²) in [6, 6.07) is 5.77. The van der Waals surface area contributed by atoms with E-state index in [1.54, 1.807) is 0 Å². The number of benzene rings is 1. The molecule has 1 aromatic rings. The Morgan fingerprint density at radius 1 is 1.55 bits per heavy atom. The molecule has 0 aliphatic carbocycles. The maximum atomic E-state index is 8.28. The molecule has 0 unspecified atom stereocenters. The molecule has 58 valence electrons. The molecular weight excluding hydrogens is 206 g/mol. The Kier molecular flexibility index (Phi) is 2.65. The van der Waals surface area contributed by atoms with Crippen molar-refractivity contribution in [2.45, 2.75) is 6.92 Å². The van der Waals surface area contributed by atoms with E-state index in [-0.39, 0.29) is 0 Å². The van der Waals surface area contributed by atoms with Crippen molar-refractivity contribution in [3.05, 3.63) is 33.8 Å². The van der Waals surface area contributed by atoms with Gasteiger partial charge in [-0.2, -0.15) is 0 Å². The minimum absolute atomic E-state index is 0.882. The summed E-state index contributed by atoms with van der Waals surface area (Å²) < 4.78 is 0.970. The molecule has 0 aromatic heterocycles. The number of oxime groups is 1. The zero-order valence-electron chi connectivity index (χ0n) is 6.08. The van der Waals surface area contributed by atoms with Crippen LogP contribution < -0.4 is 0 Å². The van der Waals surface area contributed by atoms with E-state index in [0.717, 1.165) is 15.6 Å². The summed E-state index contributed by atoms with van der Waals surface area (Å²) in [7, 11) is 0. The Hall–Kier alpha value is -0.830. The summed E-state index contributed by atoms with van der Waals surface area (Å²) in [5, 5.41) is 11.2. The predicted molar refractivity (Wildman–Crippen MR) is 48.3 cm³/mol. The predicted octanol–water partition coefficient (Wildman–Crippen LogP) is 2.57.